The van der Waals surface area contributed by atoms with Crippen molar-refractivity contribution in [3.05, 3.63) is 0 Å². The van der Waals surface area contributed by atoms with Crippen LogP contribution < -0.4 is 0 Å². The van der Waals surface area contributed by atoms with Gasteiger partial charge in [-0.1, -0.05) is 0 Å². The normalized spacial score (nSPS) is 28.9. The van der Waals surface area contributed by atoms with E-state index < -0.39 is 0 Å². The predicted molar refractivity (Wildman–Crippen MR) is 53.2 cm³/mol. The topological polar surface area (TPSA) is 3.24 Å². The molecule has 0 spiro atoms. The lowest BCUT2D eigenvalue weighted by atomic mass is 10.2. The molecule has 0 aromatic carbocycles. The van der Waals surface area contributed by atoms with Gasteiger partial charge in [0.1, 0.15) is 0 Å². The Bertz CT molecular complexity index is 114. The molecule has 11 heavy (non-hydrogen) atoms. The van der Waals surface area contributed by atoms with E-state index in [1.165, 1.54) is 24.5 Å². The molecule has 0 aromatic heterocycles. The molecule has 0 radical (unpaired) electrons. The van der Waals surface area contributed by atoms with E-state index in [9.17, 15) is 0 Å². The summed E-state index contributed by atoms with van der Waals surface area (Å²) < 4.78 is 0. The quantitative estimate of drug-likeness (QED) is 0.598. The molecule has 1 saturated heterocycles. The van der Waals surface area contributed by atoms with Crippen LogP contribution in [0.5, 0.6) is 0 Å². The average Bonchev–Trinajstić information content (AvgIpc) is 2.13. The van der Waals surface area contributed by atoms with Crippen LogP contribution in [0.1, 0.15) is 27.2 Å². The highest BCUT2D eigenvalue weighted by molar-refractivity contribution is 7.99. The second-order valence-corrected chi connectivity index (χ2v) is 4.76. The van der Waals surface area contributed by atoms with Gasteiger partial charge in [-0.2, -0.15) is 11.8 Å². The molecule has 1 aliphatic heterocycles. The summed E-state index contributed by atoms with van der Waals surface area (Å²) >= 11 is 2.10. The highest BCUT2D eigenvalue weighted by Gasteiger charge is 2.18. The molecule has 1 atom stereocenters. The number of hydrogen-bond donors (Lipinski definition) is 0. The predicted octanol–water partition coefficient (Wildman–Crippen LogP) is 2.22. The van der Waals surface area contributed by atoms with Crippen molar-refractivity contribution >= 4 is 11.8 Å². The van der Waals surface area contributed by atoms with E-state index in [0.29, 0.717) is 0 Å². The van der Waals surface area contributed by atoms with Crippen LogP contribution in [0.4, 0.5) is 0 Å². The van der Waals surface area contributed by atoms with Crippen molar-refractivity contribution in [2.24, 2.45) is 0 Å². The van der Waals surface area contributed by atoms with Crippen LogP contribution in [-0.2, 0) is 0 Å². The van der Waals surface area contributed by atoms with Gasteiger partial charge in [0.05, 0.1) is 0 Å². The first-order valence-electron chi connectivity index (χ1n) is 4.55. The minimum absolute atomic E-state index is 0.726. The highest BCUT2D eigenvalue weighted by Crippen LogP contribution is 2.17. The molecule has 1 unspecified atom stereocenters. The maximum Gasteiger partial charge on any atom is 0.0160 e. The molecule has 66 valence electrons. The Labute approximate surface area is 74.5 Å². The van der Waals surface area contributed by atoms with Crippen molar-refractivity contribution in [3.63, 3.8) is 0 Å². The van der Waals surface area contributed by atoms with Crippen molar-refractivity contribution in [2.75, 3.05) is 18.1 Å². The molecule has 0 bridgehead atoms. The maximum absolute atomic E-state index is 2.61. The molecule has 2 heteroatoms. The van der Waals surface area contributed by atoms with Gasteiger partial charge in [-0.05, 0) is 39.5 Å². The maximum atomic E-state index is 2.61. The fraction of sp³-hybridized carbons (Fsp3) is 1.00. The van der Waals surface area contributed by atoms with Crippen molar-refractivity contribution in [1.82, 2.24) is 4.90 Å². The molecule has 0 N–H and O–H groups in total. The Morgan fingerprint density at radius 1 is 1.45 bits per heavy atom. The van der Waals surface area contributed by atoms with E-state index in [1.807, 2.05) is 0 Å². The summed E-state index contributed by atoms with van der Waals surface area (Å²) in [5.74, 6) is 2.67. The minimum Gasteiger partial charge on any atom is -0.297 e. The summed E-state index contributed by atoms with van der Waals surface area (Å²) in [4.78, 5) is 2.61. The first-order valence-corrected chi connectivity index (χ1v) is 5.70. The largest absolute Gasteiger partial charge is 0.297 e. The van der Waals surface area contributed by atoms with Gasteiger partial charge in [0.2, 0.25) is 0 Å². The summed E-state index contributed by atoms with van der Waals surface area (Å²) in [6.07, 6.45) is 1.37. The third-order valence-electron chi connectivity index (χ3n) is 2.29. The van der Waals surface area contributed by atoms with E-state index in [2.05, 4.69) is 37.4 Å². The van der Waals surface area contributed by atoms with Gasteiger partial charge in [0.25, 0.3) is 0 Å². The Hall–Kier alpha value is 0.310. The minimum atomic E-state index is 0.726. The zero-order valence-corrected chi connectivity index (χ0v) is 8.66. The van der Waals surface area contributed by atoms with Gasteiger partial charge >= 0.3 is 0 Å². The van der Waals surface area contributed by atoms with Crippen molar-refractivity contribution in [3.8, 4) is 0 Å². The molecule has 0 aliphatic carbocycles. The standard InChI is InChI=1S/C9H19NS/c1-8(2)10-5-4-6-11-7-9(10)3/h8-9H,4-7H2,1-3H3. The Morgan fingerprint density at radius 3 is 2.82 bits per heavy atom. The number of nitrogens with zero attached hydrogens (tertiary/aromatic N) is 1. The summed E-state index contributed by atoms with van der Waals surface area (Å²) in [6, 6.07) is 1.51. The first-order chi connectivity index (χ1) is 5.22. The summed E-state index contributed by atoms with van der Waals surface area (Å²) in [7, 11) is 0. The van der Waals surface area contributed by atoms with Gasteiger partial charge in [-0.3, -0.25) is 4.90 Å². The molecular weight excluding hydrogens is 154 g/mol. The monoisotopic (exact) mass is 173 g/mol. The lowest BCUT2D eigenvalue weighted by Crippen LogP contribution is -2.39. The second kappa shape index (κ2) is 4.36. The fourth-order valence-electron chi connectivity index (χ4n) is 1.69. The number of thioether (sulfide) groups is 1. The molecule has 1 rings (SSSR count). The second-order valence-electron chi connectivity index (χ2n) is 3.61. The van der Waals surface area contributed by atoms with Crippen molar-refractivity contribution in [2.45, 2.75) is 39.3 Å². The molecule has 1 aliphatic rings. The number of hydrogen-bond acceptors (Lipinski definition) is 2. The van der Waals surface area contributed by atoms with Gasteiger partial charge in [0, 0.05) is 17.8 Å². The van der Waals surface area contributed by atoms with Crippen LogP contribution in [0, 0.1) is 0 Å². The highest BCUT2D eigenvalue weighted by atomic mass is 32.2. The summed E-state index contributed by atoms with van der Waals surface area (Å²) in [5, 5.41) is 0. The van der Waals surface area contributed by atoms with Crippen LogP contribution in [0.2, 0.25) is 0 Å². The molecule has 1 nitrogen and oxygen atoms in total. The molecular formula is C9H19NS. The van der Waals surface area contributed by atoms with E-state index in [1.54, 1.807) is 0 Å². The summed E-state index contributed by atoms with van der Waals surface area (Å²) in [6.45, 7) is 8.24. The zero-order valence-electron chi connectivity index (χ0n) is 7.84. The molecule has 0 amide bonds. The lowest BCUT2D eigenvalue weighted by Gasteiger charge is -2.30. The van der Waals surface area contributed by atoms with Crippen LogP contribution in [0.15, 0.2) is 0 Å². The first kappa shape index (κ1) is 9.40. The van der Waals surface area contributed by atoms with E-state index >= 15 is 0 Å². The van der Waals surface area contributed by atoms with E-state index in [-0.39, 0.29) is 0 Å². The smallest absolute Gasteiger partial charge is 0.0160 e. The van der Waals surface area contributed by atoms with Crippen LogP contribution in [0.25, 0.3) is 0 Å². The zero-order chi connectivity index (χ0) is 8.27. The van der Waals surface area contributed by atoms with E-state index in [4.69, 9.17) is 0 Å². The van der Waals surface area contributed by atoms with Crippen molar-refractivity contribution in [1.29, 1.82) is 0 Å². The molecule has 1 heterocycles. The SMILES string of the molecule is CC(C)N1CCCSCC1C. The summed E-state index contributed by atoms with van der Waals surface area (Å²) in [5.41, 5.74) is 0. The molecule has 0 saturated carbocycles. The van der Waals surface area contributed by atoms with Gasteiger partial charge in [-0.15, -0.1) is 0 Å². The van der Waals surface area contributed by atoms with Gasteiger partial charge < -0.3 is 0 Å². The Morgan fingerprint density at radius 2 is 2.18 bits per heavy atom. The third-order valence-corrected chi connectivity index (χ3v) is 3.59. The molecule has 0 aromatic rings. The van der Waals surface area contributed by atoms with Crippen LogP contribution >= 0.6 is 11.8 Å². The molecule has 1 fully saturated rings. The average molecular weight is 173 g/mol. The van der Waals surface area contributed by atoms with Crippen molar-refractivity contribution < 1.29 is 0 Å². The lowest BCUT2D eigenvalue weighted by molar-refractivity contribution is 0.182. The Kier molecular flexibility index (Phi) is 3.73. The number of rotatable bonds is 1. The van der Waals surface area contributed by atoms with Gasteiger partial charge in [-0.25, -0.2) is 0 Å². The Balaban J connectivity index is 2.45. The van der Waals surface area contributed by atoms with Gasteiger partial charge in [0.15, 0.2) is 0 Å². The fourth-order valence-corrected chi connectivity index (χ4v) is 2.72. The van der Waals surface area contributed by atoms with Crippen LogP contribution in [0.3, 0.4) is 0 Å². The van der Waals surface area contributed by atoms with Crippen LogP contribution in [-0.4, -0.2) is 35.0 Å². The third kappa shape index (κ3) is 2.68. The van der Waals surface area contributed by atoms with E-state index in [0.717, 1.165) is 12.1 Å².